The molecule has 0 atom stereocenters. The molecule has 0 radical (unpaired) electrons. The predicted molar refractivity (Wildman–Crippen MR) is 130 cm³/mol. The Balaban J connectivity index is 0.00000341. The van der Waals surface area contributed by atoms with Crippen LogP contribution in [0.2, 0.25) is 0 Å². The lowest BCUT2D eigenvalue weighted by Gasteiger charge is -2.33. The highest BCUT2D eigenvalue weighted by Crippen LogP contribution is 2.30. The number of likely N-dealkylation sites (tertiary alicyclic amines) is 1. The third-order valence-electron chi connectivity index (χ3n) is 4.97. The number of benzene rings is 1. The first-order valence-electron chi connectivity index (χ1n) is 10.2. The van der Waals surface area contributed by atoms with Crippen molar-refractivity contribution in [2.24, 2.45) is 4.99 Å². The van der Waals surface area contributed by atoms with E-state index in [-0.39, 0.29) is 24.0 Å². The van der Waals surface area contributed by atoms with Gasteiger partial charge in [-0.15, -0.1) is 35.3 Å². The summed E-state index contributed by atoms with van der Waals surface area (Å²) in [7, 11) is 0. The molecule has 2 heterocycles. The molecule has 3 rings (SSSR count). The summed E-state index contributed by atoms with van der Waals surface area (Å²) in [5.41, 5.74) is 0.114. The molecule has 2 aromatic rings. The number of rotatable bonds is 6. The first-order valence-corrected chi connectivity index (χ1v) is 11.0. The van der Waals surface area contributed by atoms with Crippen LogP contribution < -0.4 is 10.6 Å². The highest BCUT2D eigenvalue weighted by Gasteiger charge is 2.30. The average molecular weight is 567 g/mol. The minimum atomic E-state index is -4.30. The summed E-state index contributed by atoms with van der Waals surface area (Å²) in [5.74, 6) is 0.779. The fourth-order valence-corrected chi connectivity index (χ4v) is 4.19. The third-order valence-corrected chi connectivity index (χ3v) is 5.87. The second kappa shape index (κ2) is 12.0. The zero-order chi connectivity index (χ0) is 21.6. The predicted octanol–water partition coefficient (Wildman–Crippen LogP) is 4.81. The van der Waals surface area contributed by atoms with Gasteiger partial charge in [-0.3, -0.25) is 4.90 Å². The van der Waals surface area contributed by atoms with Gasteiger partial charge in [0.25, 0.3) is 0 Å². The molecule has 1 saturated heterocycles. The van der Waals surface area contributed by atoms with Crippen molar-refractivity contribution in [1.29, 1.82) is 0 Å². The maximum atomic E-state index is 12.9. The Kier molecular flexibility index (Phi) is 10.0. The first kappa shape index (κ1) is 25.9. The molecule has 0 aliphatic carbocycles. The van der Waals surface area contributed by atoms with Crippen molar-refractivity contribution in [1.82, 2.24) is 20.5 Å². The highest BCUT2D eigenvalue weighted by molar-refractivity contribution is 14.0. The van der Waals surface area contributed by atoms with Crippen molar-refractivity contribution in [3.05, 3.63) is 51.5 Å². The van der Waals surface area contributed by atoms with Gasteiger partial charge in [0.15, 0.2) is 5.96 Å². The van der Waals surface area contributed by atoms with Crippen LogP contribution in [0.15, 0.2) is 35.5 Å². The zero-order valence-corrected chi connectivity index (χ0v) is 20.9. The lowest BCUT2D eigenvalue weighted by atomic mass is 10.0. The monoisotopic (exact) mass is 567 g/mol. The molecular weight excluding hydrogens is 538 g/mol. The van der Waals surface area contributed by atoms with Crippen LogP contribution in [0.5, 0.6) is 0 Å². The maximum absolute atomic E-state index is 12.9. The van der Waals surface area contributed by atoms with Crippen molar-refractivity contribution < 1.29 is 13.2 Å². The smallest absolute Gasteiger partial charge is 0.357 e. The van der Waals surface area contributed by atoms with Crippen molar-refractivity contribution in [3.8, 4) is 0 Å². The fourth-order valence-electron chi connectivity index (χ4n) is 3.47. The summed E-state index contributed by atoms with van der Waals surface area (Å²) in [6.07, 6.45) is -0.609. The number of hydrogen-bond donors (Lipinski definition) is 2. The van der Waals surface area contributed by atoms with E-state index < -0.39 is 11.7 Å². The number of alkyl halides is 3. The van der Waals surface area contributed by atoms with Gasteiger partial charge in [0, 0.05) is 43.3 Å². The maximum Gasteiger partial charge on any atom is 0.416 e. The van der Waals surface area contributed by atoms with E-state index in [1.165, 1.54) is 17.0 Å². The molecule has 0 amide bonds. The highest BCUT2D eigenvalue weighted by atomic mass is 127. The van der Waals surface area contributed by atoms with Crippen LogP contribution in [0.1, 0.15) is 40.8 Å². The molecular formula is C21H29F3IN5S. The van der Waals surface area contributed by atoms with E-state index in [2.05, 4.69) is 25.5 Å². The minimum absolute atomic E-state index is 0. The molecule has 10 heteroatoms. The van der Waals surface area contributed by atoms with E-state index in [0.29, 0.717) is 24.7 Å². The van der Waals surface area contributed by atoms with Gasteiger partial charge in [0.1, 0.15) is 5.01 Å². The fraction of sp³-hybridized carbons (Fsp3) is 0.524. The molecule has 1 aliphatic heterocycles. The van der Waals surface area contributed by atoms with E-state index >= 15 is 0 Å². The lowest BCUT2D eigenvalue weighted by Crippen LogP contribution is -2.48. The Morgan fingerprint density at radius 3 is 2.65 bits per heavy atom. The van der Waals surface area contributed by atoms with Crippen LogP contribution in [0, 0.1) is 6.92 Å². The Bertz CT molecular complexity index is 848. The first-order chi connectivity index (χ1) is 14.3. The Morgan fingerprint density at radius 2 is 2.03 bits per heavy atom. The van der Waals surface area contributed by atoms with Gasteiger partial charge < -0.3 is 10.6 Å². The SMILES string of the molecule is CCNC(=NCc1ncc(C)s1)NC1CCN(Cc2cccc(C(F)(F)F)c2)CC1.I. The van der Waals surface area contributed by atoms with E-state index in [1.54, 1.807) is 17.4 Å². The molecule has 172 valence electrons. The van der Waals surface area contributed by atoms with Gasteiger partial charge in [-0.1, -0.05) is 18.2 Å². The van der Waals surface area contributed by atoms with Crippen LogP contribution in [0.3, 0.4) is 0 Å². The summed E-state index contributed by atoms with van der Waals surface area (Å²) >= 11 is 1.65. The molecule has 31 heavy (non-hydrogen) atoms. The summed E-state index contributed by atoms with van der Waals surface area (Å²) < 4.78 is 38.7. The topological polar surface area (TPSA) is 52.6 Å². The van der Waals surface area contributed by atoms with Gasteiger partial charge in [-0.05, 0) is 38.3 Å². The van der Waals surface area contributed by atoms with Crippen LogP contribution in [-0.4, -0.2) is 41.5 Å². The van der Waals surface area contributed by atoms with E-state index in [0.717, 1.165) is 49.5 Å². The molecule has 1 aromatic carbocycles. The van der Waals surface area contributed by atoms with Crippen LogP contribution in [0.4, 0.5) is 13.2 Å². The number of nitrogens with zero attached hydrogens (tertiary/aromatic N) is 3. The van der Waals surface area contributed by atoms with E-state index in [4.69, 9.17) is 0 Å². The molecule has 0 spiro atoms. The second-order valence-electron chi connectivity index (χ2n) is 7.45. The lowest BCUT2D eigenvalue weighted by molar-refractivity contribution is -0.137. The van der Waals surface area contributed by atoms with E-state index in [9.17, 15) is 13.2 Å². The Hall–Kier alpha value is -1.40. The van der Waals surface area contributed by atoms with Crippen molar-refractivity contribution >= 4 is 41.3 Å². The molecule has 5 nitrogen and oxygen atoms in total. The number of nitrogens with one attached hydrogen (secondary N) is 2. The summed E-state index contributed by atoms with van der Waals surface area (Å²) in [6, 6.07) is 5.90. The number of guanidine groups is 1. The molecule has 0 bridgehead atoms. The van der Waals surface area contributed by atoms with Crippen molar-refractivity contribution in [3.63, 3.8) is 0 Å². The quantitative estimate of drug-likeness (QED) is 0.299. The normalized spacial score (nSPS) is 16.1. The van der Waals surface area contributed by atoms with Gasteiger partial charge >= 0.3 is 6.18 Å². The number of halogens is 4. The number of hydrogen-bond acceptors (Lipinski definition) is 4. The van der Waals surface area contributed by atoms with Gasteiger partial charge in [-0.25, -0.2) is 9.98 Å². The van der Waals surface area contributed by atoms with Gasteiger partial charge in [-0.2, -0.15) is 13.2 Å². The Morgan fingerprint density at radius 1 is 1.29 bits per heavy atom. The number of aliphatic imine (C=N–C) groups is 1. The minimum Gasteiger partial charge on any atom is -0.357 e. The average Bonchev–Trinajstić information content (AvgIpc) is 3.13. The van der Waals surface area contributed by atoms with Crippen molar-refractivity contribution in [2.45, 2.75) is 52.0 Å². The van der Waals surface area contributed by atoms with Gasteiger partial charge in [0.2, 0.25) is 0 Å². The molecule has 0 unspecified atom stereocenters. The van der Waals surface area contributed by atoms with Crippen LogP contribution in [0.25, 0.3) is 0 Å². The number of piperidine rings is 1. The second-order valence-corrected chi connectivity index (χ2v) is 8.77. The zero-order valence-electron chi connectivity index (χ0n) is 17.7. The summed E-state index contributed by atoms with van der Waals surface area (Å²) in [5, 5.41) is 7.75. The van der Waals surface area contributed by atoms with Gasteiger partial charge in [0.05, 0.1) is 12.1 Å². The third kappa shape index (κ3) is 8.23. The Labute approximate surface area is 202 Å². The molecule has 1 aromatic heterocycles. The van der Waals surface area contributed by atoms with Crippen LogP contribution >= 0.6 is 35.3 Å². The number of aryl methyl sites for hydroxylation is 1. The van der Waals surface area contributed by atoms with E-state index in [1.807, 2.05) is 20.0 Å². The molecule has 1 fully saturated rings. The van der Waals surface area contributed by atoms with Crippen LogP contribution in [-0.2, 0) is 19.3 Å². The molecule has 2 N–H and O–H groups in total. The summed E-state index contributed by atoms with van der Waals surface area (Å²) in [4.78, 5) is 12.4. The number of aromatic nitrogens is 1. The molecule has 0 saturated carbocycles. The summed E-state index contributed by atoms with van der Waals surface area (Å²) in [6.45, 7) is 7.58. The van der Waals surface area contributed by atoms with Crippen molar-refractivity contribution in [2.75, 3.05) is 19.6 Å². The standard InChI is InChI=1S/C21H28F3N5S.HI/c1-3-25-20(27-13-19-26-12-15(2)30-19)28-18-7-9-29(10-8-18)14-16-5-4-6-17(11-16)21(22,23)24;/h4-6,11-12,18H,3,7-10,13-14H2,1-2H3,(H2,25,27,28);1H. The molecule has 1 aliphatic rings. The largest absolute Gasteiger partial charge is 0.416 e. The number of thiazole rings is 1.